The zero-order chi connectivity index (χ0) is 15.4. The van der Waals surface area contributed by atoms with Crippen LogP contribution in [-0.2, 0) is 9.59 Å². The molecule has 1 aromatic rings. The molecule has 0 aliphatic carbocycles. The van der Waals surface area contributed by atoms with Crippen LogP contribution in [-0.4, -0.2) is 39.0 Å². The van der Waals surface area contributed by atoms with Crippen LogP contribution in [0.2, 0.25) is 0 Å². The van der Waals surface area contributed by atoms with E-state index >= 15 is 0 Å². The predicted molar refractivity (Wildman–Crippen MR) is 81.1 cm³/mol. The molecule has 0 aliphatic heterocycles. The molecule has 0 saturated carbocycles. The Bertz CT molecular complexity index is 526. The second-order valence-corrected chi connectivity index (χ2v) is 6.45. The van der Waals surface area contributed by atoms with Gasteiger partial charge in [-0.1, -0.05) is 0 Å². The Morgan fingerprint density at radius 2 is 2.00 bits per heavy atom. The van der Waals surface area contributed by atoms with Crippen molar-refractivity contribution >= 4 is 55.5 Å². The summed E-state index contributed by atoms with van der Waals surface area (Å²) in [5.41, 5.74) is 0. The van der Waals surface area contributed by atoms with E-state index in [1.807, 2.05) is 0 Å². The Morgan fingerprint density at radius 1 is 1.40 bits per heavy atom. The number of carbonyl (C=O) groups excluding carboxylic acids is 1. The lowest BCUT2D eigenvalue weighted by atomic mass is 10.3. The first kappa shape index (κ1) is 17.1. The second kappa shape index (κ2) is 7.19. The first-order valence-corrected chi connectivity index (χ1v) is 7.83. The third-order valence-electron chi connectivity index (χ3n) is 2.20. The van der Waals surface area contributed by atoms with Crippen LogP contribution in [0, 0.1) is 0 Å². The second-order valence-electron chi connectivity index (χ2n) is 3.77. The van der Waals surface area contributed by atoms with Crippen molar-refractivity contribution in [1.29, 1.82) is 0 Å². The molecule has 4 N–H and O–H groups in total. The van der Waals surface area contributed by atoms with E-state index < -0.39 is 17.9 Å². The van der Waals surface area contributed by atoms with Crippen molar-refractivity contribution in [3.63, 3.8) is 0 Å². The molecule has 0 aliphatic rings. The molecule has 110 valence electrons. The quantitative estimate of drug-likeness (QED) is 0.423. The lowest BCUT2D eigenvalue weighted by Gasteiger charge is -2.15. The van der Waals surface area contributed by atoms with Gasteiger partial charge < -0.3 is 20.6 Å². The van der Waals surface area contributed by atoms with Crippen molar-refractivity contribution < 1.29 is 24.9 Å². The highest BCUT2D eigenvalue weighted by Gasteiger charge is 2.22. The van der Waals surface area contributed by atoms with Gasteiger partial charge >= 0.3 is 5.97 Å². The van der Waals surface area contributed by atoms with Gasteiger partial charge in [0.05, 0.1) is 4.90 Å². The van der Waals surface area contributed by atoms with Crippen molar-refractivity contribution in [2.24, 2.45) is 0 Å². The highest BCUT2D eigenvalue weighted by atomic mass is 79.9. The van der Waals surface area contributed by atoms with Crippen LogP contribution < -0.4 is 5.32 Å². The van der Waals surface area contributed by atoms with Crippen molar-refractivity contribution in [1.82, 2.24) is 5.32 Å². The zero-order valence-electron chi connectivity index (χ0n) is 10.2. The van der Waals surface area contributed by atoms with Crippen LogP contribution in [0.25, 0.3) is 0 Å². The van der Waals surface area contributed by atoms with Gasteiger partial charge in [0.15, 0.2) is 11.5 Å². The zero-order valence-corrected chi connectivity index (χ0v) is 14.2. The maximum atomic E-state index is 11.0. The van der Waals surface area contributed by atoms with E-state index in [1.54, 1.807) is 0 Å². The number of hydrogen-bond acceptors (Lipinski definition) is 5. The number of aliphatic carboxylic acids is 1. The molecule has 0 unspecified atom stereocenters. The van der Waals surface area contributed by atoms with Gasteiger partial charge in [0, 0.05) is 21.6 Å². The number of amides is 1. The molecule has 0 bridgehead atoms. The van der Waals surface area contributed by atoms with Crippen LogP contribution in [0.1, 0.15) is 6.92 Å². The fourth-order valence-corrected chi connectivity index (χ4v) is 3.53. The average molecular weight is 429 g/mol. The van der Waals surface area contributed by atoms with Crippen molar-refractivity contribution in [2.75, 3.05) is 5.75 Å². The number of thioether (sulfide) groups is 1. The molecule has 20 heavy (non-hydrogen) atoms. The molecule has 0 fully saturated rings. The molecule has 0 saturated heterocycles. The van der Waals surface area contributed by atoms with Gasteiger partial charge in [0.25, 0.3) is 0 Å². The number of phenolic OH excluding ortho intramolecular Hbond substituents is 2. The molecule has 1 amide bonds. The molecule has 0 aromatic heterocycles. The summed E-state index contributed by atoms with van der Waals surface area (Å²) in [6, 6.07) is 0.219. The summed E-state index contributed by atoms with van der Waals surface area (Å²) in [4.78, 5) is 22.2. The Hall–Kier alpha value is -0.930. The molecule has 0 radical (unpaired) electrons. The minimum absolute atomic E-state index is 0.00301. The number of benzene rings is 1. The first-order chi connectivity index (χ1) is 9.23. The van der Waals surface area contributed by atoms with Gasteiger partial charge in [0.1, 0.15) is 6.04 Å². The van der Waals surface area contributed by atoms with Crippen LogP contribution in [0.15, 0.2) is 19.9 Å². The standard InChI is InChI=1S/C11H11Br2NO5S/c1-4(15)14-6(11(18)19)3-20-10-8(13)5(12)2-7(16)9(10)17/h2,6,16-17H,3H2,1H3,(H,14,15)(H,18,19)/t6-/m0/s1. The number of aromatic hydroxyl groups is 2. The van der Waals surface area contributed by atoms with Gasteiger partial charge in [-0.3, -0.25) is 4.79 Å². The minimum Gasteiger partial charge on any atom is -0.504 e. The lowest BCUT2D eigenvalue weighted by molar-refractivity contribution is -0.140. The number of halogens is 2. The molecule has 6 nitrogen and oxygen atoms in total. The van der Waals surface area contributed by atoms with Crippen LogP contribution in [0.3, 0.4) is 0 Å². The normalized spacial score (nSPS) is 11.9. The first-order valence-electron chi connectivity index (χ1n) is 5.26. The Kier molecular flexibility index (Phi) is 6.15. The number of carbonyl (C=O) groups is 2. The van der Waals surface area contributed by atoms with Gasteiger partial charge in [-0.15, -0.1) is 11.8 Å². The highest BCUT2D eigenvalue weighted by Crippen LogP contribution is 2.45. The molecular formula is C11H11Br2NO5S. The molecule has 0 spiro atoms. The monoisotopic (exact) mass is 427 g/mol. The summed E-state index contributed by atoms with van der Waals surface area (Å²) in [5.74, 6) is -2.32. The summed E-state index contributed by atoms with van der Waals surface area (Å²) in [5, 5.41) is 30.6. The summed E-state index contributed by atoms with van der Waals surface area (Å²) in [6.07, 6.45) is 0. The SMILES string of the molecule is CC(=O)N[C@@H](CSc1c(O)c(O)cc(Br)c1Br)C(=O)O. The number of phenols is 2. The largest absolute Gasteiger partial charge is 0.504 e. The smallest absolute Gasteiger partial charge is 0.327 e. The number of nitrogens with one attached hydrogen (secondary N) is 1. The van der Waals surface area contributed by atoms with Crippen molar-refractivity contribution in [2.45, 2.75) is 17.9 Å². The van der Waals surface area contributed by atoms with Gasteiger partial charge in [-0.2, -0.15) is 0 Å². The Morgan fingerprint density at radius 3 is 2.50 bits per heavy atom. The summed E-state index contributed by atoms with van der Waals surface area (Å²) >= 11 is 7.42. The highest BCUT2D eigenvalue weighted by molar-refractivity contribution is 9.13. The van der Waals surface area contributed by atoms with E-state index in [-0.39, 0.29) is 22.1 Å². The average Bonchev–Trinajstić information content (AvgIpc) is 2.34. The third-order valence-corrected chi connectivity index (χ3v) is 5.63. The molecule has 9 heteroatoms. The Balaban J connectivity index is 2.93. The molecular weight excluding hydrogens is 418 g/mol. The van der Waals surface area contributed by atoms with E-state index in [4.69, 9.17) is 5.11 Å². The molecule has 1 rings (SSSR count). The van der Waals surface area contributed by atoms with E-state index in [0.29, 0.717) is 8.95 Å². The summed E-state index contributed by atoms with van der Waals surface area (Å²) < 4.78 is 1.01. The maximum Gasteiger partial charge on any atom is 0.327 e. The third kappa shape index (κ3) is 4.29. The fraction of sp³-hybridized carbons (Fsp3) is 0.273. The summed E-state index contributed by atoms with van der Waals surface area (Å²) in [6.45, 7) is 1.22. The van der Waals surface area contributed by atoms with E-state index in [2.05, 4.69) is 37.2 Å². The molecule has 1 aromatic carbocycles. The predicted octanol–water partition coefficient (Wildman–Crippen LogP) is 2.30. The Labute approximate surface area is 135 Å². The van der Waals surface area contributed by atoms with Crippen molar-refractivity contribution in [3.8, 4) is 11.5 Å². The topological polar surface area (TPSA) is 107 Å². The van der Waals surface area contributed by atoms with Gasteiger partial charge in [0.2, 0.25) is 5.91 Å². The number of hydrogen-bond donors (Lipinski definition) is 4. The van der Waals surface area contributed by atoms with Crippen LogP contribution in [0.4, 0.5) is 0 Å². The summed E-state index contributed by atoms with van der Waals surface area (Å²) in [7, 11) is 0. The van der Waals surface area contributed by atoms with Crippen molar-refractivity contribution in [3.05, 3.63) is 15.0 Å². The van der Waals surface area contributed by atoms with Crippen LogP contribution in [0.5, 0.6) is 11.5 Å². The number of carboxylic acids is 1. The minimum atomic E-state index is -1.18. The molecule has 0 heterocycles. The maximum absolute atomic E-state index is 11.0. The van der Waals surface area contributed by atoms with Gasteiger partial charge in [-0.25, -0.2) is 4.79 Å². The van der Waals surface area contributed by atoms with E-state index in [0.717, 1.165) is 11.8 Å². The number of carboxylic acid groups (broad SMARTS) is 1. The van der Waals surface area contributed by atoms with E-state index in [9.17, 15) is 19.8 Å². The number of rotatable bonds is 5. The fourth-order valence-electron chi connectivity index (χ4n) is 1.30. The lowest BCUT2D eigenvalue weighted by Crippen LogP contribution is -2.41. The van der Waals surface area contributed by atoms with E-state index in [1.165, 1.54) is 13.0 Å². The van der Waals surface area contributed by atoms with Gasteiger partial charge in [-0.05, 0) is 37.9 Å². The molecule has 1 atom stereocenters. The van der Waals surface area contributed by atoms with Crippen LogP contribution >= 0.6 is 43.6 Å².